The summed E-state index contributed by atoms with van der Waals surface area (Å²) in [5, 5.41) is 1.44. The van der Waals surface area contributed by atoms with Crippen molar-refractivity contribution in [3.63, 3.8) is 0 Å². The van der Waals surface area contributed by atoms with E-state index in [1.54, 1.807) is 5.56 Å². The Kier molecular flexibility index (Phi) is 8.29. The molecule has 2 aromatic rings. The highest BCUT2D eigenvalue weighted by Gasteiger charge is 2.31. The molecule has 37 heavy (non-hydrogen) atoms. The molecule has 2 heteroatoms. The Bertz CT molecular complexity index is 1290. The molecule has 198 valence electrons. The van der Waals surface area contributed by atoms with Crippen LogP contribution in [0.3, 0.4) is 0 Å². The molecule has 0 saturated heterocycles. The van der Waals surface area contributed by atoms with E-state index in [1.165, 1.54) is 67.6 Å². The van der Waals surface area contributed by atoms with E-state index < -0.39 is 0 Å². The van der Waals surface area contributed by atoms with Crippen molar-refractivity contribution >= 4 is 16.5 Å². The molecular formula is C35H48N2. The first-order valence-electron chi connectivity index (χ1n) is 14.5. The van der Waals surface area contributed by atoms with Crippen molar-refractivity contribution in [1.82, 2.24) is 9.88 Å². The number of benzene rings is 1. The van der Waals surface area contributed by atoms with E-state index >= 15 is 0 Å². The predicted molar refractivity (Wildman–Crippen MR) is 162 cm³/mol. The summed E-state index contributed by atoms with van der Waals surface area (Å²) in [5.74, 6) is 0.948. The molecule has 0 N–H and O–H groups in total. The van der Waals surface area contributed by atoms with Crippen LogP contribution in [0, 0.1) is 12.8 Å². The first-order chi connectivity index (χ1) is 17.7. The molecule has 2 nitrogen and oxygen atoms in total. The minimum absolute atomic E-state index is 0.404. The van der Waals surface area contributed by atoms with Crippen LogP contribution in [0.1, 0.15) is 112 Å². The molecule has 0 aliphatic heterocycles. The Morgan fingerprint density at radius 1 is 1.19 bits per heavy atom. The maximum Gasteiger partial charge on any atom is 0.0718 e. The summed E-state index contributed by atoms with van der Waals surface area (Å²) in [6.07, 6.45) is 12.1. The maximum absolute atomic E-state index is 5.49. The van der Waals surface area contributed by atoms with Crippen LogP contribution in [-0.4, -0.2) is 24.0 Å². The monoisotopic (exact) mass is 496 g/mol. The Morgan fingerprint density at radius 3 is 2.51 bits per heavy atom. The standard InChI is InChI=1S/C35H48N2/c1-11-21(5)29-20-31-33-28(24(29)8)17-18-32(37(9)10)34(33)27(14-4)35(36-31)23(7)19-30-25(12-2)16-15-22(6)26(30)13-3/h12,19-21,26,32H,2,6,11,13-18H2,1,3-5,7-10H3/b23-19+. The van der Waals surface area contributed by atoms with E-state index in [9.17, 15) is 0 Å². The summed E-state index contributed by atoms with van der Waals surface area (Å²) in [7, 11) is 4.48. The van der Waals surface area contributed by atoms with Gasteiger partial charge in [0.25, 0.3) is 0 Å². The number of aryl methyl sites for hydroxylation is 1. The zero-order valence-corrected chi connectivity index (χ0v) is 24.7. The third-order valence-electron chi connectivity index (χ3n) is 9.32. The molecule has 2 aliphatic rings. The van der Waals surface area contributed by atoms with Gasteiger partial charge in [-0.3, -0.25) is 0 Å². The van der Waals surface area contributed by atoms with Gasteiger partial charge in [0.1, 0.15) is 0 Å². The number of hydrogen-bond acceptors (Lipinski definition) is 2. The van der Waals surface area contributed by atoms with Gasteiger partial charge in [0.15, 0.2) is 0 Å². The predicted octanol–water partition coefficient (Wildman–Crippen LogP) is 9.43. The maximum atomic E-state index is 5.49. The lowest BCUT2D eigenvalue weighted by atomic mass is 9.76. The van der Waals surface area contributed by atoms with Crippen LogP contribution in [-0.2, 0) is 12.8 Å². The number of hydrogen-bond donors (Lipinski definition) is 0. The summed E-state index contributed by atoms with van der Waals surface area (Å²) >= 11 is 0. The fourth-order valence-corrected chi connectivity index (χ4v) is 7.02. The van der Waals surface area contributed by atoms with Crippen molar-refractivity contribution in [3.8, 4) is 0 Å². The van der Waals surface area contributed by atoms with Crippen molar-refractivity contribution in [1.29, 1.82) is 0 Å². The lowest BCUT2D eigenvalue weighted by Crippen LogP contribution is -2.26. The summed E-state index contributed by atoms with van der Waals surface area (Å²) in [4.78, 5) is 7.91. The number of aromatic nitrogens is 1. The molecule has 0 fully saturated rings. The van der Waals surface area contributed by atoms with Gasteiger partial charge in [-0.1, -0.05) is 58.6 Å². The molecule has 1 aromatic heterocycles. The smallest absolute Gasteiger partial charge is 0.0718 e. The number of pyridine rings is 1. The van der Waals surface area contributed by atoms with Gasteiger partial charge in [0, 0.05) is 17.3 Å². The second kappa shape index (κ2) is 11.1. The van der Waals surface area contributed by atoms with Gasteiger partial charge in [-0.05, 0) is 129 Å². The first kappa shape index (κ1) is 27.6. The van der Waals surface area contributed by atoms with Gasteiger partial charge in [0.05, 0.1) is 11.2 Å². The van der Waals surface area contributed by atoms with Gasteiger partial charge >= 0.3 is 0 Å². The minimum Gasteiger partial charge on any atom is -0.302 e. The summed E-state index contributed by atoms with van der Waals surface area (Å²) in [6, 6.07) is 2.85. The third-order valence-corrected chi connectivity index (χ3v) is 9.32. The van der Waals surface area contributed by atoms with Crippen molar-refractivity contribution in [2.75, 3.05) is 14.1 Å². The number of rotatable bonds is 8. The van der Waals surface area contributed by atoms with Crippen LogP contribution in [0.15, 0.2) is 48.1 Å². The topological polar surface area (TPSA) is 16.1 Å². The number of allylic oxidation sites excluding steroid dienone is 6. The molecule has 4 rings (SSSR count). The van der Waals surface area contributed by atoms with Crippen molar-refractivity contribution < 1.29 is 0 Å². The molecule has 0 saturated carbocycles. The van der Waals surface area contributed by atoms with Crippen molar-refractivity contribution in [3.05, 3.63) is 81.6 Å². The third kappa shape index (κ3) is 4.78. The fourth-order valence-electron chi connectivity index (χ4n) is 7.02. The molecule has 3 atom stereocenters. The Balaban J connectivity index is 2.05. The quantitative estimate of drug-likeness (QED) is 0.338. The highest BCUT2D eigenvalue weighted by Crippen LogP contribution is 2.45. The summed E-state index contributed by atoms with van der Waals surface area (Å²) in [5.41, 5.74) is 15.3. The van der Waals surface area contributed by atoms with Crippen LogP contribution >= 0.6 is 0 Å². The molecule has 1 aromatic carbocycles. The highest BCUT2D eigenvalue weighted by molar-refractivity contribution is 5.92. The van der Waals surface area contributed by atoms with E-state index in [-0.39, 0.29) is 0 Å². The molecular weight excluding hydrogens is 448 g/mol. The Morgan fingerprint density at radius 2 is 1.92 bits per heavy atom. The molecule has 1 heterocycles. The average Bonchev–Trinajstić information content (AvgIpc) is 2.89. The average molecular weight is 497 g/mol. The normalized spacial score (nSPS) is 21.2. The highest BCUT2D eigenvalue weighted by atomic mass is 15.1. The molecule has 2 aliphatic carbocycles. The SMILES string of the molecule is C=CC1=C(/C=C(\C)c2nc3cc(C(C)CC)c(C)c4c3c(c2CC)C(N(C)C)CC4)C(CC)C(=C)CC1. The van der Waals surface area contributed by atoms with E-state index in [1.807, 2.05) is 0 Å². The summed E-state index contributed by atoms with van der Waals surface area (Å²) < 4.78 is 0. The van der Waals surface area contributed by atoms with E-state index in [0.29, 0.717) is 17.9 Å². The lowest BCUT2D eigenvalue weighted by Gasteiger charge is -2.35. The van der Waals surface area contributed by atoms with Gasteiger partial charge in [-0.25, -0.2) is 4.98 Å². The van der Waals surface area contributed by atoms with Crippen LogP contribution in [0.5, 0.6) is 0 Å². The molecule has 0 radical (unpaired) electrons. The van der Waals surface area contributed by atoms with Gasteiger partial charge in [-0.2, -0.15) is 0 Å². The molecule has 0 bridgehead atoms. The van der Waals surface area contributed by atoms with E-state index in [4.69, 9.17) is 4.98 Å². The van der Waals surface area contributed by atoms with E-state index in [2.05, 4.69) is 91.9 Å². The minimum atomic E-state index is 0.404. The van der Waals surface area contributed by atoms with Crippen LogP contribution in [0.4, 0.5) is 0 Å². The largest absolute Gasteiger partial charge is 0.302 e. The number of nitrogens with zero attached hydrogens (tertiary/aromatic N) is 2. The van der Waals surface area contributed by atoms with Crippen LogP contribution in [0.2, 0.25) is 0 Å². The second-order valence-electron chi connectivity index (χ2n) is 11.6. The van der Waals surface area contributed by atoms with E-state index in [0.717, 1.165) is 38.5 Å². The van der Waals surface area contributed by atoms with Gasteiger partial charge in [0.2, 0.25) is 0 Å². The van der Waals surface area contributed by atoms with Gasteiger partial charge < -0.3 is 4.90 Å². The first-order valence-corrected chi connectivity index (χ1v) is 14.5. The van der Waals surface area contributed by atoms with Crippen molar-refractivity contribution in [2.45, 2.75) is 98.4 Å². The Hall–Kier alpha value is -2.45. The van der Waals surface area contributed by atoms with Gasteiger partial charge in [-0.15, -0.1) is 0 Å². The molecule has 0 amide bonds. The zero-order valence-electron chi connectivity index (χ0n) is 24.7. The van der Waals surface area contributed by atoms with Crippen molar-refractivity contribution in [2.24, 2.45) is 5.92 Å². The molecule has 3 unspecified atom stereocenters. The Labute approximate surface area is 226 Å². The summed E-state index contributed by atoms with van der Waals surface area (Å²) in [6.45, 7) is 22.5. The fraction of sp³-hybridized carbons (Fsp3) is 0.514. The lowest BCUT2D eigenvalue weighted by molar-refractivity contribution is 0.280. The molecule has 0 spiro atoms. The second-order valence-corrected chi connectivity index (χ2v) is 11.6. The van der Waals surface area contributed by atoms with Crippen LogP contribution < -0.4 is 0 Å². The zero-order chi connectivity index (χ0) is 27.0. The van der Waals surface area contributed by atoms with Crippen LogP contribution in [0.25, 0.3) is 16.5 Å².